The molecule has 100 valence electrons. The van der Waals surface area contributed by atoms with Gasteiger partial charge in [0.05, 0.1) is 6.61 Å². The highest BCUT2D eigenvalue weighted by molar-refractivity contribution is 5.45. The van der Waals surface area contributed by atoms with Crippen LogP contribution in [0.25, 0.3) is 0 Å². The normalized spacial score (nSPS) is 20.7. The number of phenolic OH excluding ortho intramolecular Hbond substituents is 1. The molecule has 2 rings (SSSR count). The van der Waals surface area contributed by atoms with Gasteiger partial charge in [-0.05, 0) is 37.3 Å². The molecule has 1 fully saturated rings. The lowest BCUT2D eigenvalue weighted by Crippen LogP contribution is -2.18. The Kier molecular flexibility index (Phi) is 3.81. The Morgan fingerprint density at radius 1 is 1.44 bits per heavy atom. The van der Waals surface area contributed by atoms with E-state index < -0.39 is 0 Å². The van der Waals surface area contributed by atoms with Gasteiger partial charge < -0.3 is 15.2 Å². The summed E-state index contributed by atoms with van der Waals surface area (Å²) in [6.07, 6.45) is 1.30. The average molecular weight is 249 g/mol. The Bertz CT molecular complexity index is 415. The van der Waals surface area contributed by atoms with Crippen LogP contribution in [0.3, 0.4) is 0 Å². The quantitative estimate of drug-likeness (QED) is 0.814. The molecule has 0 saturated heterocycles. The van der Waals surface area contributed by atoms with Gasteiger partial charge in [-0.15, -0.1) is 0 Å². The SMILES string of the molecule is CCOc1cccc(CNCC2CC2(C)C)c1O. The third-order valence-corrected chi connectivity index (χ3v) is 3.81. The summed E-state index contributed by atoms with van der Waals surface area (Å²) in [5, 5.41) is 13.5. The molecule has 1 aliphatic carbocycles. The number of aromatic hydroxyl groups is 1. The molecule has 1 saturated carbocycles. The average Bonchev–Trinajstić information content (AvgIpc) is 2.92. The van der Waals surface area contributed by atoms with Crippen molar-refractivity contribution < 1.29 is 9.84 Å². The van der Waals surface area contributed by atoms with E-state index in [4.69, 9.17) is 4.74 Å². The first-order valence-electron chi connectivity index (χ1n) is 6.69. The minimum absolute atomic E-state index is 0.266. The fraction of sp³-hybridized carbons (Fsp3) is 0.600. The van der Waals surface area contributed by atoms with Gasteiger partial charge in [-0.3, -0.25) is 0 Å². The van der Waals surface area contributed by atoms with Crippen molar-refractivity contribution in [2.24, 2.45) is 11.3 Å². The maximum Gasteiger partial charge on any atom is 0.162 e. The van der Waals surface area contributed by atoms with Crippen molar-refractivity contribution in [2.45, 2.75) is 33.7 Å². The predicted octanol–water partition coefficient (Wildman–Crippen LogP) is 2.93. The Morgan fingerprint density at radius 2 is 2.17 bits per heavy atom. The van der Waals surface area contributed by atoms with Gasteiger partial charge in [-0.2, -0.15) is 0 Å². The summed E-state index contributed by atoms with van der Waals surface area (Å²) >= 11 is 0. The van der Waals surface area contributed by atoms with Crippen LogP contribution in [-0.2, 0) is 6.54 Å². The lowest BCUT2D eigenvalue weighted by atomic mass is 10.1. The molecule has 2 N–H and O–H groups in total. The van der Waals surface area contributed by atoms with Crippen LogP contribution in [0.1, 0.15) is 32.8 Å². The van der Waals surface area contributed by atoms with E-state index >= 15 is 0 Å². The molecule has 0 radical (unpaired) electrons. The molecule has 0 amide bonds. The third-order valence-electron chi connectivity index (χ3n) is 3.81. The minimum atomic E-state index is 0.266. The van der Waals surface area contributed by atoms with Gasteiger partial charge in [0.1, 0.15) is 0 Å². The summed E-state index contributed by atoms with van der Waals surface area (Å²) in [6, 6.07) is 5.65. The molecule has 1 aromatic rings. The maximum atomic E-state index is 10.0. The molecule has 1 aromatic carbocycles. The number of rotatable bonds is 6. The van der Waals surface area contributed by atoms with E-state index in [0.717, 1.165) is 18.0 Å². The van der Waals surface area contributed by atoms with Crippen molar-refractivity contribution in [1.82, 2.24) is 5.32 Å². The van der Waals surface area contributed by atoms with Gasteiger partial charge in [0.15, 0.2) is 11.5 Å². The molecule has 18 heavy (non-hydrogen) atoms. The number of nitrogens with one attached hydrogen (secondary N) is 1. The molecular formula is C15H23NO2. The number of hydrogen-bond acceptors (Lipinski definition) is 3. The second kappa shape index (κ2) is 5.19. The zero-order chi connectivity index (χ0) is 13.2. The molecule has 0 aromatic heterocycles. The van der Waals surface area contributed by atoms with Crippen molar-refractivity contribution in [1.29, 1.82) is 0 Å². The summed E-state index contributed by atoms with van der Waals surface area (Å²) < 4.78 is 5.37. The summed E-state index contributed by atoms with van der Waals surface area (Å²) in [6.45, 7) is 8.80. The number of hydrogen-bond donors (Lipinski definition) is 2. The number of phenols is 1. The first-order chi connectivity index (χ1) is 8.54. The van der Waals surface area contributed by atoms with E-state index in [1.54, 1.807) is 6.07 Å². The first kappa shape index (κ1) is 13.2. The van der Waals surface area contributed by atoms with Crippen LogP contribution in [0, 0.1) is 11.3 Å². The highest BCUT2D eigenvalue weighted by atomic mass is 16.5. The van der Waals surface area contributed by atoms with Gasteiger partial charge in [-0.1, -0.05) is 26.0 Å². The van der Waals surface area contributed by atoms with Crippen molar-refractivity contribution in [3.8, 4) is 11.5 Å². The lowest BCUT2D eigenvalue weighted by molar-refractivity contribution is 0.316. The molecule has 3 heteroatoms. The smallest absolute Gasteiger partial charge is 0.162 e. The Labute approximate surface area is 109 Å². The second-order valence-electron chi connectivity index (χ2n) is 5.72. The fourth-order valence-electron chi connectivity index (χ4n) is 2.29. The van der Waals surface area contributed by atoms with Gasteiger partial charge in [0.25, 0.3) is 0 Å². The largest absolute Gasteiger partial charge is 0.504 e. The van der Waals surface area contributed by atoms with Crippen molar-refractivity contribution in [3.05, 3.63) is 23.8 Å². The van der Waals surface area contributed by atoms with Gasteiger partial charge in [0, 0.05) is 12.1 Å². The molecule has 0 aliphatic heterocycles. The van der Waals surface area contributed by atoms with Crippen molar-refractivity contribution in [2.75, 3.05) is 13.2 Å². The minimum Gasteiger partial charge on any atom is -0.504 e. The molecule has 0 heterocycles. The summed E-state index contributed by atoms with van der Waals surface area (Å²) in [5.74, 6) is 1.61. The van der Waals surface area contributed by atoms with Crippen molar-refractivity contribution >= 4 is 0 Å². The molecular weight excluding hydrogens is 226 g/mol. The zero-order valence-electron chi connectivity index (χ0n) is 11.5. The first-order valence-corrected chi connectivity index (χ1v) is 6.69. The van der Waals surface area contributed by atoms with Crippen LogP contribution >= 0.6 is 0 Å². The molecule has 1 aliphatic rings. The summed E-state index contributed by atoms with van der Waals surface area (Å²) in [4.78, 5) is 0. The molecule has 0 bridgehead atoms. The van der Waals surface area contributed by atoms with Crippen LogP contribution in [-0.4, -0.2) is 18.3 Å². The highest BCUT2D eigenvalue weighted by Gasteiger charge is 2.44. The van der Waals surface area contributed by atoms with Crippen LogP contribution < -0.4 is 10.1 Å². The van der Waals surface area contributed by atoms with E-state index in [2.05, 4.69) is 19.2 Å². The fourth-order valence-corrected chi connectivity index (χ4v) is 2.29. The topological polar surface area (TPSA) is 41.5 Å². The monoisotopic (exact) mass is 249 g/mol. The van der Waals surface area contributed by atoms with E-state index in [1.165, 1.54) is 6.42 Å². The number of benzene rings is 1. The van der Waals surface area contributed by atoms with Crippen LogP contribution in [0.2, 0.25) is 0 Å². The van der Waals surface area contributed by atoms with Crippen molar-refractivity contribution in [3.63, 3.8) is 0 Å². The van der Waals surface area contributed by atoms with E-state index in [0.29, 0.717) is 24.3 Å². The summed E-state index contributed by atoms with van der Waals surface area (Å²) in [7, 11) is 0. The van der Waals surface area contributed by atoms with Gasteiger partial charge in [-0.25, -0.2) is 0 Å². The zero-order valence-corrected chi connectivity index (χ0v) is 11.5. The van der Waals surface area contributed by atoms with Crippen LogP contribution in [0.4, 0.5) is 0 Å². The Morgan fingerprint density at radius 3 is 2.78 bits per heavy atom. The number of para-hydroxylation sites is 1. The molecule has 1 atom stereocenters. The van der Waals surface area contributed by atoms with E-state index in [1.807, 2.05) is 19.1 Å². The molecule has 0 spiro atoms. The van der Waals surface area contributed by atoms with Crippen LogP contribution in [0.15, 0.2) is 18.2 Å². The predicted molar refractivity (Wildman–Crippen MR) is 72.9 cm³/mol. The number of ether oxygens (including phenoxy) is 1. The van der Waals surface area contributed by atoms with E-state index in [-0.39, 0.29) is 5.75 Å². The Balaban J connectivity index is 1.87. The second-order valence-corrected chi connectivity index (χ2v) is 5.72. The lowest BCUT2D eigenvalue weighted by Gasteiger charge is -2.11. The molecule has 1 unspecified atom stereocenters. The van der Waals surface area contributed by atoms with E-state index in [9.17, 15) is 5.11 Å². The summed E-state index contributed by atoms with van der Waals surface area (Å²) in [5.41, 5.74) is 1.40. The maximum absolute atomic E-state index is 10.0. The third kappa shape index (κ3) is 2.96. The van der Waals surface area contributed by atoms with Crippen LogP contribution in [0.5, 0.6) is 11.5 Å². The highest BCUT2D eigenvalue weighted by Crippen LogP contribution is 2.51. The Hall–Kier alpha value is -1.22. The molecule has 3 nitrogen and oxygen atoms in total. The van der Waals surface area contributed by atoms with Gasteiger partial charge >= 0.3 is 0 Å². The standard InChI is InChI=1S/C15H23NO2/c1-4-18-13-7-5-6-11(14(13)17)9-16-10-12-8-15(12,2)3/h5-7,12,16-17H,4,8-10H2,1-3H3. The van der Waals surface area contributed by atoms with Gasteiger partial charge in [0.2, 0.25) is 0 Å².